The molecule has 1 amide bonds. The number of guanidine groups is 1. The minimum Gasteiger partial charge on any atom is -0.477 e. The van der Waals surface area contributed by atoms with Crippen molar-refractivity contribution in [3.05, 3.63) is 23.9 Å². The number of amides is 1. The number of likely N-dealkylation sites (tertiary alicyclic amines) is 1. The Labute approximate surface area is 179 Å². The minimum absolute atomic E-state index is 0.0482. The molecule has 8 nitrogen and oxygen atoms in total. The van der Waals surface area contributed by atoms with Crippen molar-refractivity contribution in [1.82, 2.24) is 20.5 Å². The number of hydrogen-bond donors (Lipinski definition) is 2. The number of nitrogens with one attached hydrogen (secondary N) is 2. The van der Waals surface area contributed by atoms with E-state index < -0.39 is 5.60 Å². The Hall–Kier alpha value is -2.51. The highest BCUT2D eigenvalue weighted by Gasteiger charge is 2.28. The van der Waals surface area contributed by atoms with Gasteiger partial charge in [-0.2, -0.15) is 0 Å². The Morgan fingerprint density at radius 3 is 2.83 bits per heavy atom. The van der Waals surface area contributed by atoms with E-state index in [2.05, 4.69) is 27.4 Å². The Kier molecular flexibility index (Phi) is 7.39. The number of rotatable bonds is 7. The Balaban J connectivity index is 1.54. The second-order valence-electron chi connectivity index (χ2n) is 9.00. The van der Waals surface area contributed by atoms with Crippen LogP contribution in [0.1, 0.15) is 52.5 Å². The maximum Gasteiger partial charge on any atom is 0.407 e. The van der Waals surface area contributed by atoms with E-state index >= 15 is 0 Å². The van der Waals surface area contributed by atoms with E-state index in [4.69, 9.17) is 14.5 Å². The van der Waals surface area contributed by atoms with Gasteiger partial charge in [0.1, 0.15) is 5.60 Å². The van der Waals surface area contributed by atoms with Crippen LogP contribution < -0.4 is 15.4 Å². The van der Waals surface area contributed by atoms with E-state index in [0.29, 0.717) is 24.9 Å². The van der Waals surface area contributed by atoms with Gasteiger partial charge in [0.15, 0.2) is 5.96 Å². The molecule has 1 unspecified atom stereocenters. The van der Waals surface area contributed by atoms with E-state index in [0.717, 1.165) is 37.6 Å². The maximum atomic E-state index is 12.0. The van der Waals surface area contributed by atoms with E-state index in [9.17, 15) is 4.79 Å². The normalized spacial score (nSPS) is 19.5. The zero-order valence-corrected chi connectivity index (χ0v) is 18.6. The summed E-state index contributed by atoms with van der Waals surface area (Å²) in [6, 6.07) is 3.98. The van der Waals surface area contributed by atoms with E-state index in [-0.39, 0.29) is 12.1 Å². The highest BCUT2D eigenvalue weighted by atomic mass is 16.6. The minimum atomic E-state index is -0.496. The summed E-state index contributed by atoms with van der Waals surface area (Å²) in [5.41, 5.74) is 0.568. The summed E-state index contributed by atoms with van der Waals surface area (Å²) in [5.74, 6) is 2.22. The van der Waals surface area contributed by atoms with Gasteiger partial charge in [-0.3, -0.25) is 0 Å². The zero-order valence-electron chi connectivity index (χ0n) is 18.6. The molecule has 1 atom stereocenters. The van der Waals surface area contributed by atoms with Crippen LogP contribution in [0, 0.1) is 5.92 Å². The third kappa shape index (κ3) is 7.39. The molecule has 1 aliphatic carbocycles. The molecule has 1 saturated carbocycles. The van der Waals surface area contributed by atoms with Crippen LogP contribution in [0.2, 0.25) is 0 Å². The van der Waals surface area contributed by atoms with Crippen molar-refractivity contribution in [3.63, 3.8) is 0 Å². The lowest BCUT2D eigenvalue weighted by molar-refractivity contribution is 0.0507. The number of carbonyl (C=O) groups excluding carboxylic acids is 1. The summed E-state index contributed by atoms with van der Waals surface area (Å²) in [4.78, 5) is 23.3. The molecule has 2 fully saturated rings. The predicted octanol–water partition coefficient (Wildman–Crippen LogP) is 2.93. The van der Waals surface area contributed by atoms with Gasteiger partial charge in [0, 0.05) is 31.9 Å². The molecule has 166 valence electrons. The second kappa shape index (κ2) is 10.00. The average Bonchev–Trinajstić information content (AvgIpc) is 3.40. The molecular formula is C22H35N5O3. The summed E-state index contributed by atoms with van der Waals surface area (Å²) in [7, 11) is 0. The number of nitrogens with zero attached hydrogens (tertiary/aromatic N) is 3. The van der Waals surface area contributed by atoms with Gasteiger partial charge in [0.2, 0.25) is 5.88 Å². The number of aromatic nitrogens is 1. The summed E-state index contributed by atoms with van der Waals surface area (Å²) in [6.07, 6.45) is 4.78. The lowest BCUT2D eigenvalue weighted by Gasteiger charge is -2.23. The van der Waals surface area contributed by atoms with Crippen LogP contribution in [0.15, 0.2) is 23.3 Å². The van der Waals surface area contributed by atoms with Crippen molar-refractivity contribution >= 4 is 12.1 Å². The van der Waals surface area contributed by atoms with Crippen LogP contribution in [0.5, 0.6) is 5.88 Å². The van der Waals surface area contributed by atoms with Gasteiger partial charge >= 0.3 is 6.09 Å². The van der Waals surface area contributed by atoms with Crippen molar-refractivity contribution in [2.24, 2.45) is 10.9 Å². The van der Waals surface area contributed by atoms with Crippen molar-refractivity contribution in [2.45, 2.75) is 65.1 Å². The van der Waals surface area contributed by atoms with Gasteiger partial charge < -0.3 is 25.0 Å². The fourth-order valence-electron chi connectivity index (χ4n) is 3.25. The smallest absolute Gasteiger partial charge is 0.407 e. The van der Waals surface area contributed by atoms with Crippen molar-refractivity contribution in [2.75, 3.05) is 26.2 Å². The Morgan fingerprint density at radius 1 is 1.33 bits per heavy atom. The van der Waals surface area contributed by atoms with E-state index in [1.54, 1.807) is 6.20 Å². The first-order chi connectivity index (χ1) is 14.3. The van der Waals surface area contributed by atoms with Gasteiger partial charge in [0.05, 0.1) is 19.2 Å². The fraction of sp³-hybridized carbons (Fsp3) is 0.682. The SMILES string of the molecule is CCNC(=NCc1ccnc(OCC2CC2)c1)N1CCC(NC(=O)OC(C)(C)C)C1. The molecule has 1 saturated heterocycles. The molecule has 0 aromatic carbocycles. The highest BCUT2D eigenvalue weighted by molar-refractivity contribution is 5.80. The third-order valence-electron chi connectivity index (χ3n) is 4.92. The third-order valence-corrected chi connectivity index (χ3v) is 4.92. The topological polar surface area (TPSA) is 88.1 Å². The summed E-state index contributed by atoms with van der Waals surface area (Å²) >= 11 is 0. The highest BCUT2D eigenvalue weighted by Crippen LogP contribution is 2.29. The number of carbonyl (C=O) groups is 1. The molecule has 0 radical (unpaired) electrons. The number of ether oxygens (including phenoxy) is 2. The first-order valence-corrected chi connectivity index (χ1v) is 10.9. The number of hydrogen-bond acceptors (Lipinski definition) is 5. The van der Waals surface area contributed by atoms with Gasteiger partial charge in [-0.25, -0.2) is 14.8 Å². The van der Waals surface area contributed by atoms with Crippen LogP contribution in [-0.2, 0) is 11.3 Å². The van der Waals surface area contributed by atoms with Gasteiger partial charge in [0.25, 0.3) is 0 Å². The predicted molar refractivity (Wildman–Crippen MR) is 117 cm³/mol. The first kappa shape index (κ1) is 22.2. The molecule has 2 N–H and O–H groups in total. The average molecular weight is 418 g/mol. The molecule has 2 heterocycles. The van der Waals surface area contributed by atoms with Crippen LogP contribution in [0.4, 0.5) is 4.79 Å². The van der Waals surface area contributed by atoms with Gasteiger partial charge in [-0.1, -0.05) is 0 Å². The Bertz CT molecular complexity index is 743. The summed E-state index contributed by atoms with van der Waals surface area (Å²) in [6.45, 7) is 11.3. The maximum absolute atomic E-state index is 12.0. The van der Waals surface area contributed by atoms with E-state index in [1.165, 1.54) is 12.8 Å². The summed E-state index contributed by atoms with van der Waals surface area (Å²) in [5, 5.41) is 6.32. The number of alkyl carbamates (subject to hydrolysis) is 1. The second-order valence-corrected chi connectivity index (χ2v) is 9.00. The molecule has 3 rings (SSSR count). The van der Waals surface area contributed by atoms with Crippen molar-refractivity contribution in [3.8, 4) is 5.88 Å². The molecule has 1 aromatic heterocycles. The zero-order chi connectivity index (χ0) is 21.6. The molecule has 0 bridgehead atoms. The first-order valence-electron chi connectivity index (χ1n) is 10.9. The fourth-order valence-corrected chi connectivity index (χ4v) is 3.25. The molecule has 1 aromatic rings. The largest absolute Gasteiger partial charge is 0.477 e. The molecule has 30 heavy (non-hydrogen) atoms. The van der Waals surface area contributed by atoms with Gasteiger partial charge in [-0.15, -0.1) is 0 Å². The standard InChI is InChI=1S/C22H35N5O3/c1-5-23-20(27-11-9-18(14-27)26-21(28)30-22(2,3)4)25-13-17-8-10-24-19(12-17)29-15-16-6-7-16/h8,10,12,16,18H,5-7,9,11,13-15H2,1-4H3,(H,23,25)(H,26,28). The van der Waals surface area contributed by atoms with Crippen LogP contribution in [0.25, 0.3) is 0 Å². The van der Waals surface area contributed by atoms with Crippen LogP contribution >= 0.6 is 0 Å². The van der Waals surface area contributed by atoms with Crippen LogP contribution in [-0.4, -0.2) is 59.8 Å². The molecular weight excluding hydrogens is 382 g/mol. The number of pyridine rings is 1. The van der Waals surface area contributed by atoms with Gasteiger partial charge in [-0.05, 0) is 64.5 Å². The number of aliphatic imine (C=N–C) groups is 1. The molecule has 1 aliphatic heterocycles. The monoisotopic (exact) mass is 417 g/mol. The summed E-state index contributed by atoms with van der Waals surface area (Å²) < 4.78 is 11.1. The molecule has 0 spiro atoms. The lowest BCUT2D eigenvalue weighted by atomic mass is 10.2. The van der Waals surface area contributed by atoms with Crippen LogP contribution in [0.3, 0.4) is 0 Å². The van der Waals surface area contributed by atoms with Crippen molar-refractivity contribution in [1.29, 1.82) is 0 Å². The lowest BCUT2D eigenvalue weighted by Crippen LogP contribution is -2.44. The molecule has 2 aliphatic rings. The quantitative estimate of drug-likeness (QED) is 0.524. The van der Waals surface area contributed by atoms with Crippen molar-refractivity contribution < 1.29 is 14.3 Å². The Morgan fingerprint density at radius 2 is 2.13 bits per heavy atom. The molecule has 8 heteroatoms. The van der Waals surface area contributed by atoms with E-state index in [1.807, 2.05) is 32.9 Å².